The van der Waals surface area contributed by atoms with Gasteiger partial charge in [-0.25, -0.2) is 9.69 Å². The van der Waals surface area contributed by atoms with Gasteiger partial charge in [0.1, 0.15) is 17.1 Å². The standard InChI is InChI=1S/C34H29NO6/c1-3-23-19-27-30(40-22(2)32(33(27)36)24-15-16-28-31(20-24)39-18-10-17-38-28)21-29(23)41-34(37)35(25-11-6-4-7-12-25)26-13-8-5-9-14-26/h4-9,11-16,19-21H,3,10,17-18H2,1-2H3. The first-order valence-corrected chi connectivity index (χ1v) is 13.7. The molecule has 0 atom stereocenters. The normalized spacial score (nSPS) is 12.5. The Morgan fingerprint density at radius 1 is 0.854 bits per heavy atom. The van der Waals surface area contributed by atoms with Crippen LogP contribution in [-0.4, -0.2) is 19.3 Å². The van der Waals surface area contributed by atoms with Crippen LogP contribution in [0.15, 0.2) is 100 Å². The molecule has 1 aliphatic rings. The molecule has 0 saturated carbocycles. The van der Waals surface area contributed by atoms with Crippen LogP contribution in [0.1, 0.15) is 24.7 Å². The fourth-order valence-electron chi connectivity index (χ4n) is 5.06. The summed E-state index contributed by atoms with van der Waals surface area (Å²) in [6.07, 6.45) is 0.767. The first-order chi connectivity index (χ1) is 20.0. The van der Waals surface area contributed by atoms with Crippen molar-refractivity contribution in [1.29, 1.82) is 0 Å². The molecular weight excluding hydrogens is 518 g/mol. The van der Waals surface area contributed by atoms with Crippen molar-refractivity contribution in [3.63, 3.8) is 0 Å². The molecule has 1 aliphatic heterocycles. The van der Waals surface area contributed by atoms with Crippen LogP contribution in [-0.2, 0) is 6.42 Å². The van der Waals surface area contributed by atoms with Crippen LogP contribution in [0.3, 0.4) is 0 Å². The molecule has 2 heterocycles. The average molecular weight is 548 g/mol. The number of hydrogen-bond acceptors (Lipinski definition) is 6. The lowest BCUT2D eigenvalue weighted by atomic mass is 10.0. The molecule has 1 aromatic heterocycles. The van der Waals surface area contributed by atoms with Crippen LogP contribution in [0.25, 0.3) is 22.1 Å². The highest BCUT2D eigenvalue weighted by atomic mass is 16.6. The zero-order valence-corrected chi connectivity index (χ0v) is 22.9. The number of benzene rings is 4. The maximum atomic E-state index is 13.8. The van der Waals surface area contributed by atoms with E-state index in [1.807, 2.05) is 85.8 Å². The van der Waals surface area contributed by atoms with E-state index < -0.39 is 6.09 Å². The molecule has 5 aromatic rings. The number of aryl methyl sites for hydroxylation is 2. The minimum Gasteiger partial charge on any atom is -0.490 e. The fraction of sp³-hybridized carbons (Fsp3) is 0.176. The second-order valence-corrected chi connectivity index (χ2v) is 9.76. The predicted molar refractivity (Wildman–Crippen MR) is 159 cm³/mol. The van der Waals surface area contributed by atoms with Crippen LogP contribution < -0.4 is 24.5 Å². The van der Waals surface area contributed by atoms with Gasteiger partial charge in [-0.2, -0.15) is 0 Å². The van der Waals surface area contributed by atoms with Gasteiger partial charge in [-0.3, -0.25) is 4.79 Å². The van der Waals surface area contributed by atoms with Gasteiger partial charge in [-0.05, 0) is 66.9 Å². The van der Waals surface area contributed by atoms with E-state index in [-0.39, 0.29) is 5.43 Å². The summed E-state index contributed by atoms with van der Waals surface area (Å²) in [6, 6.07) is 27.5. The highest BCUT2D eigenvalue weighted by molar-refractivity contribution is 5.97. The molecule has 0 N–H and O–H groups in total. The van der Waals surface area contributed by atoms with Crippen LogP contribution >= 0.6 is 0 Å². The lowest BCUT2D eigenvalue weighted by molar-refractivity contribution is 0.210. The summed E-state index contributed by atoms with van der Waals surface area (Å²) in [5.74, 6) is 2.06. The molecule has 7 heteroatoms. The quantitative estimate of drug-likeness (QED) is 0.223. The Morgan fingerprint density at radius 3 is 2.17 bits per heavy atom. The molecule has 4 aromatic carbocycles. The van der Waals surface area contributed by atoms with Gasteiger partial charge in [0.15, 0.2) is 11.5 Å². The van der Waals surface area contributed by atoms with E-state index in [2.05, 4.69) is 0 Å². The number of anilines is 2. The molecular formula is C34H29NO6. The Hall–Kier alpha value is -5.04. The Bertz CT molecular complexity index is 1740. The highest BCUT2D eigenvalue weighted by Gasteiger charge is 2.23. The average Bonchev–Trinajstić information content (AvgIpc) is 3.23. The number of rotatable bonds is 5. The van der Waals surface area contributed by atoms with Crippen LogP contribution in [0.5, 0.6) is 17.2 Å². The minimum atomic E-state index is -0.570. The van der Waals surface area contributed by atoms with Crippen molar-refractivity contribution in [1.82, 2.24) is 0 Å². The van der Waals surface area contributed by atoms with Crippen molar-refractivity contribution in [2.45, 2.75) is 26.7 Å². The van der Waals surface area contributed by atoms with E-state index in [1.54, 1.807) is 19.1 Å². The predicted octanol–water partition coefficient (Wildman–Crippen LogP) is 7.83. The van der Waals surface area contributed by atoms with Crippen molar-refractivity contribution < 1.29 is 23.4 Å². The van der Waals surface area contributed by atoms with E-state index in [4.69, 9.17) is 18.6 Å². The van der Waals surface area contributed by atoms with Crippen molar-refractivity contribution in [2.75, 3.05) is 18.1 Å². The van der Waals surface area contributed by atoms with E-state index in [0.717, 1.165) is 6.42 Å². The second kappa shape index (κ2) is 11.2. The Labute approximate surface area is 237 Å². The van der Waals surface area contributed by atoms with E-state index in [9.17, 15) is 9.59 Å². The van der Waals surface area contributed by atoms with Crippen LogP contribution in [0, 0.1) is 6.92 Å². The Balaban J connectivity index is 1.39. The maximum Gasteiger partial charge on any atom is 0.424 e. The number of carbonyl (C=O) groups excluding carboxylic acids is 1. The van der Waals surface area contributed by atoms with Crippen LogP contribution in [0.4, 0.5) is 16.2 Å². The maximum absolute atomic E-state index is 13.8. The molecule has 0 radical (unpaired) electrons. The molecule has 206 valence electrons. The van der Waals surface area contributed by atoms with Gasteiger partial charge < -0.3 is 18.6 Å². The summed E-state index contributed by atoms with van der Waals surface area (Å²) in [4.78, 5) is 29.0. The van der Waals surface area contributed by atoms with Gasteiger partial charge in [0.25, 0.3) is 0 Å². The van der Waals surface area contributed by atoms with Gasteiger partial charge in [0.05, 0.1) is 35.5 Å². The van der Waals surface area contributed by atoms with Gasteiger partial charge in [-0.15, -0.1) is 0 Å². The molecule has 0 saturated heterocycles. The van der Waals surface area contributed by atoms with Gasteiger partial charge >= 0.3 is 6.09 Å². The Kier molecular flexibility index (Phi) is 7.17. The van der Waals surface area contributed by atoms with Crippen molar-refractivity contribution in [3.05, 3.63) is 113 Å². The molecule has 0 spiro atoms. The van der Waals surface area contributed by atoms with Gasteiger partial charge in [-0.1, -0.05) is 49.4 Å². The third kappa shape index (κ3) is 5.14. The summed E-state index contributed by atoms with van der Waals surface area (Å²) >= 11 is 0. The summed E-state index contributed by atoms with van der Waals surface area (Å²) in [5.41, 5.74) is 3.39. The molecule has 6 rings (SSSR count). The number of para-hydroxylation sites is 2. The summed E-state index contributed by atoms with van der Waals surface area (Å²) in [5, 5.41) is 0.414. The lowest BCUT2D eigenvalue weighted by Crippen LogP contribution is -2.29. The molecule has 0 bridgehead atoms. The first kappa shape index (κ1) is 26.2. The lowest BCUT2D eigenvalue weighted by Gasteiger charge is -2.23. The minimum absolute atomic E-state index is 0.166. The molecule has 0 unspecified atom stereocenters. The SMILES string of the molecule is CCc1cc2c(=O)c(-c3ccc4c(c3)OCCCO4)c(C)oc2cc1OC(=O)N(c1ccccc1)c1ccccc1. The third-order valence-electron chi connectivity index (χ3n) is 7.08. The second-order valence-electron chi connectivity index (χ2n) is 9.76. The molecule has 7 nitrogen and oxygen atoms in total. The largest absolute Gasteiger partial charge is 0.490 e. The van der Waals surface area contributed by atoms with Crippen molar-refractivity contribution in [2.24, 2.45) is 0 Å². The summed E-state index contributed by atoms with van der Waals surface area (Å²) in [7, 11) is 0. The summed E-state index contributed by atoms with van der Waals surface area (Å²) < 4.78 is 23.7. The van der Waals surface area contributed by atoms with Crippen molar-refractivity contribution in [3.8, 4) is 28.4 Å². The Morgan fingerprint density at radius 2 is 1.51 bits per heavy atom. The number of hydrogen-bond donors (Lipinski definition) is 0. The number of amides is 1. The zero-order valence-electron chi connectivity index (χ0n) is 22.9. The van der Waals surface area contributed by atoms with E-state index in [0.29, 0.717) is 81.7 Å². The highest BCUT2D eigenvalue weighted by Crippen LogP contribution is 2.36. The van der Waals surface area contributed by atoms with Gasteiger partial charge in [0.2, 0.25) is 5.43 Å². The van der Waals surface area contributed by atoms with Crippen molar-refractivity contribution >= 4 is 28.4 Å². The number of fused-ring (bicyclic) bond motifs is 2. The number of carbonyl (C=O) groups is 1. The number of nitrogens with zero attached hydrogens (tertiary/aromatic N) is 1. The first-order valence-electron chi connectivity index (χ1n) is 13.7. The fourth-order valence-corrected chi connectivity index (χ4v) is 5.06. The number of ether oxygens (including phenoxy) is 3. The topological polar surface area (TPSA) is 78.2 Å². The van der Waals surface area contributed by atoms with E-state index in [1.165, 1.54) is 4.90 Å². The molecule has 41 heavy (non-hydrogen) atoms. The molecule has 1 amide bonds. The molecule has 0 fully saturated rings. The van der Waals surface area contributed by atoms with Crippen LogP contribution in [0.2, 0.25) is 0 Å². The smallest absolute Gasteiger partial charge is 0.424 e. The van der Waals surface area contributed by atoms with Gasteiger partial charge in [0, 0.05) is 12.5 Å². The zero-order chi connectivity index (χ0) is 28.3. The van der Waals surface area contributed by atoms with E-state index >= 15 is 0 Å². The monoisotopic (exact) mass is 547 g/mol. The summed E-state index contributed by atoms with van der Waals surface area (Å²) in [6.45, 7) is 4.84. The molecule has 0 aliphatic carbocycles. The third-order valence-corrected chi connectivity index (χ3v) is 7.08.